The topological polar surface area (TPSA) is 44.1 Å². The molecule has 1 aromatic carbocycles. The van der Waals surface area contributed by atoms with Crippen molar-refractivity contribution >= 4 is 10.9 Å². The van der Waals surface area contributed by atoms with Crippen LogP contribution in [-0.4, -0.2) is 15.7 Å². The summed E-state index contributed by atoms with van der Waals surface area (Å²) in [7, 11) is 0. The van der Waals surface area contributed by atoms with Crippen LogP contribution in [0, 0.1) is 6.92 Å². The molecular weight excluding hydrogens is 204 g/mol. The van der Waals surface area contributed by atoms with E-state index in [0.717, 1.165) is 5.56 Å². The second-order valence-electron chi connectivity index (χ2n) is 4.26. The van der Waals surface area contributed by atoms with Crippen LogP contribution in [0.2, 0.25) is 0 Å². The number of ether oxygens (including phenoxy) is 1. The molecule has 1 aromatic heterocycles. The molecule has 0 amide bonds. The summed E-state index contributed by atoms with van der Waals surface area (Å²) in [6.45, 7) is 4.50. The average molecular weight is 216 g/mol. The van der Waals surface area contributed by atoms with Gasteiger partial charge in [-0.3, -0.25) is 9.36 Å². The number of aromatic nitrogens is 2. The van der Waals surface area contributed by atoms with Gasteiger partial charge in [-0.25, -0.2) is 0 Å². The van der Waals surface area contributed by atoms with E-state index in [1.54, 1.807) is 4.57 Å². The summed E-state index contributed by atoms with van der Waals surface area (Å²) in [6.07, 6.45) is 0.0260. The third-order valence-corrected chi connectivity index (χ3v) is 2.82. The van der Waals surface area contributed by atoms with E-state index in [1.165, 1.54) is 0 Å². The Morgan fingerprint density at radius 3 is 3.12 bits per heavy atom. The minimum Gasteiger partial charge on any atom is -0.460 e. The Morgan fingerprint density at radius 1 is 1.50 bits per heavy atom. The molecule has 0 radical (unpaired) electrons. The van der Waals surface area contributed by atoms with Crippen molar-refractivity contribution in [2.45, 2.75) is 26.5 Å². The van der Waals surface area contributed by atoms with Crippen LogP contribution in [0.5, 0.6) is 6.01 Å². The number of benzene rings is 1. The van der Waals surface area contributed by atoms with E-state index in [0.29, 0.717) is 23.5 Å². The zero-order valence-corrected chi connectivity index (χ0v) is 9.23. The lowest BCUT2D eigenvalue weighted by Crippen LogP contribution is -2.19. The van der Waals surface area contributed by atoms with E-state index < -0.39 is 0 Å². The van der Waals surface area contributed by atoms with Crippen molar-refractivity contribution in [3.05, 3.63) is 34.1 Å². The van der Waals surface area contributed by atoms with Crippen LogP contribution in [0.15, 0.2) is 23.0 Å². The van der Waals surface area contributed by atoms with Gasteiger partial charge in [0.2, 0.25) is 0 Å². The number of hydrogen-bond acceptors (Lipinski definition) is 3. The highest BCUT2D eigenvalue weighted by atomic mass is 16.5. The monoisotopic (exact) mass is 216 g/mol. The van der Waals surface area contributed by atoms with Gasteiger partial charge in [-0.05, 0) is 31.5 Å². The lowest BCUT2D eigenvalue weighted by Gasteiger charge is -2.03. The summed E-state index contributed by atoms with van der Waals surface area (Å²) in [5.74, 6) is 0. The maximum Gasteiger partial charge on any atom is 0.300 e. The number of rotatable bonds is 0. The lowest BCUT2D eigenvalue weighted by molar-refractivity contribution is 0.246. The number of aryl methyl sites for hydroxylation is 1. The van der Waals surface area contributed by atoms with Crippen LogP contribution >= 0.6 is 0 Å². The molecule has 2 heterocycles. The Morgan fingerprint density at radius 2 is 2.31 bits per heavy atom. The van der Waals surface area contributed by atoms with E-state index in [1.807, 2.05) is 32.0 Å². The van der Waals surface area contributed by atoms with Crippen LogP contribution in [0.4, 0.5) is 0 Å². The van der Waals surface area contributed by atoms with E-state index in [9.17, 15) is 4.79 Å². The maximum atomic E-state index is 12.1. The molecule has 1 unspecified atom stereocenters. The molecule has 0 fully saturated rings. The Kier molecular flexibility index (Phi) is 1.80. The molecule has 4 nitrogen and oxygen atoms in total. The normalized spacial score (nSPS) is 18.5. The lowest BCUT2D eigenvalue weighted by atomic mass is 10.2. The van der Waals surface area contributed by atoms with Crippen molar-refractivity contribution < 1.29 is 4.74 Å². The second kappa shape index (κ2) is 3.07. The van der Waals surface area contributed by atoms with Crippen LogP contribution in [0.25, 0.3) is 10.9 Å². The van der Waals surface area contributed by atoms with Crippen LogP contribution < -0.4 is 10.3 Å². The molecule has 3 rings (SSSR count). The molecule has 0 aliphatic carbocycles. The van der Waals surface area contributed by atoms with E-state index in [4.69, 9.17) is 4.74 Å². The largest absolute Gasteiger partial charge is 0.460 e. The van der Waals surface area contributed by atoms with Crippen molar-refractivity contribution in [2.75, 3.05) is 0 Å². The SMILES string of the molecule is Cc1ccc2c(=O)n3c(nc2c1)OC(C)C3. The Balaban J connectivity index is 2.38. The van der Waals surface area contributed by atoms with Crippen LogP contribution in [0.1, 0.15) is 12.5 Å². The van der Waals surface area contributed by atoms with Crippen molar-refractivity contribution in [3.8, 4) is 6.01 Å². The van der Waals surface area contributed by atoms with Gasteiger partial charge >= 0.3 is 0 Å². The van der Waals surface area contributed by atoms with Gasteiger partial charge in [0.05, 0.1) is 17.4 Å². The molecule has 16 heavy (non-hydrogen) atoms. The number of fused-ring (bicyclic) bond motifs is 2. The zero-order valence-electron chi connectivity index (χ0n) is 9.23. The fraction of sp³-hybridized carbons (Fsp3) is 0.333. The molecule has 1 atom stereocenters. The third kappa shape index (κ3) is 1.23. The van der Waals surface area contributed by atoms with Crippen LogP contribution in [-0.2, 0) is 6.54 Å². The van der Waals surface area contributed by atoms with Gasteiger partial charge in [0.1, 0.15) is 6.10 Å². The molecule has 4 heteroatoms. The molecule has 82 valence electrons. The Labute approximate surface area is 92.5 Å². The summed E-state index contributed by atoms with van der Waals surface area (Å²) in [4.78, 5) is 16.5. The molecule has 2 aromatic rings. The van der Waals surface area contributed by atoms with Gasteiger partial charge in [0.15, 0.2) is 0 Å². The number of nitrogens with zero attached hydrogens (tertiary/aromatic N) is 2. The third-order valence-electron chi connectivity index (χ3n) is 2.82. The quantitative estimate of drug-likeness (QED) is 0.670. The van der Waals surface area contributed by atoms with Gasteiger partial charge in [-0.2, -0.15) is 4.98 Å². The first-order valence-corrected chi connectivity index (χ1v) is 5.33. The minimum absolute atomic E-state index is 0.00986. The van der Waals surface area contributed by atoms with Gasteiger partial charge in [-0.1, -0.05) is 6.07 Å². The summed E-state index contributed by atoms with van der Waals surface area (Å²) >= 11 is 0. The highest BCUT2D eigenvalue weighted by Crippen LogP contribution is 2.20. The first kappa shape index (κ1) is 9.39. The number of hydrogen-bond donors (Lipinski definition) is 0. The van der Waals surface area contributed by atoms with Crippen LogP contribution in [0.3, 0.4) is 0 Å². The predicted octanol–water partition coefficient (Wildman–Crippen LogP) is 1.49. The molecule has 0 saturated carbocycles. The molecule has 0 bridgehead atoms. The van der Waals surface area contributed by atoms with Crippen molar-refractivity contribution in [3.63, 3.8) is 0 Å². The van der Waals surface area contributed by atoms with E-state index in [-0.39, 0.29) is 11.7 Å². The maximum absolute atomic E-state index is 12.1. The van der Waals surface area contributed by atoms with Crippen molar-refractivity contribution in [1.82, 2.24) is 9.55 Å². The van der Waals surface area contributed by atoms with Crippen molar-refractivity contribution in [2.24, 2.45) is 0 Å². The smallest absolute Gasteiger partial charge is 0.300 e. The average Bonchev–Trinajstić information content (AvgIpc) is 2.59. The van der Waals surface area contributed by atoms with Gasteiger partial charge in [0, 0.05) is 0 Å². The Bertz CT molecular complexity index is 631. The summed E-state index contributed by atoms with van der Waals surface area (Å²) < 4.78 is 7.09. The zero-order chi connectivity index (χ0) is 11.3. The first-order chi connectivity index (χ1) is 7.65. The highest BCUT2D eigenvalue weighted by molar-refractivity contribution is 5.78. The van der Waals surface area contributed by atoms with Crippen molar-refractivity contribution in [1.29, 1.82) is 0 Å². The molecule has 1 aliphatic rings. The standard InChI is InChI=1S/C12H12N2O2/c1-7-3-4-9-10(5-7)13-12-14(11(9)15)6-8(2)16-12/h3-5,8H,6H2,1-2H3. The predicted molar refractivity (Wildman–Crippen MR) is 60.8 cm³/mol. The highest BCUT2D eigenvalue weighted by Gasteiger charge is 2.22. The molecule has 0 saturated heterocycles. The van der Waals surface area contributed by atoms with Gasteiger partial charge in [-0.15, -0.1) is 0 Å². The summed E-state index contributed by atoms with van der Waals surface area (Å²) in [6, 6.07) is 6.10. The van der Waals surface area contributed by atoms with E-state index >= 15 is 0 Å². The molecule has 0 spiro atoms. The second-order valence-corrected chi connectivity index (χ2v) is 4.26. The molecule has 0 N–H and O–H groups in total. The summed E-state index contributed by atoms with van der Waals surface area (Å²) in [5.41, 5.74) is 1.80. The summed E-state index contributed by atoms with van der Waals surface area (Å²) in [5, 5.41) is 0.659. The minimum atomic E-state index is -0.00986. The fourth-order valence-electron chi connectivity index (χ4n) is 2.04. The molecule has 1 aliphatic heterocycles. The van der Waals surface area contributed by atoms with Gasteiger partial charge < -0.3 is 4.74 Å². The van der Waals surface area contributed by atoms with E-state index in [2.05, 4.69) is 4.98 Å². The fourth-order valence-corrected chi connectivity index (χ4v) is 2.04. The Hall–Kier alpha value is -1.84. The van der Waals surface area contributed by atoms with Gasteiger partial charge in [0.25, 0.3) is 11.6 Å². The molecular formula is C12H12N2O2. The first-order valence-electron chi connectivity index (χ1n) is 5.33.